The van der Waals surface area contributed by atoms with Crippen LogP contribution in [0.1, 0.15) is 39.5 Å². The molecule has 1 fully saturated rings. The van der Waals surface area contributed by atoms with Crippen LogP contribution in [0.2, 0.25) is 0 Å². The Morgan fingerprint density at radius 1 is 1.35 bits per heavy atom. The minimum atomic E-state index is 0.313. The second kappa shape index (κ2) is 5.84. The minimum absolute atomic E-state index is 0.313. The van der Waals surface area contributed by atoms with Crippen molar-refractivity contribution in [2.45, 2.75) is 45.6 Å². The molecule has 0 aromatic carbocycles. The number of nitrogens with zero attached hydrogens (tertiary/aromatic N) is 2. The highest BCUT2D eigenvalue weighted by atomic mass is 16.5. The van der Waals surface area contributed by atoms with E-state index in [9.17, 15) is 0 Å². The van der Waals surface area contributed by atoms with Crippen LogP contribution in [0, 0.1) is 5.92 Å². The Morgan fingerprint density at radius 3 is 2.94 bits per heavy atom. The lowest BCUT2D eigenvalue weighted by Crippen LogP contribution is -2.28. The molecule has 4 nitrogen and oxygen atoms in total. The highest BCUT2D eigenvalue weighted by Crippen LogP contribution is 2.27. The summed E-state index contributed by atoms with van der Waals surface area (Å²) >= 11 is 0. The summed E-state index contributed by atoms with van der Waals surface area (Å²) in [5, 5.41) is 3.17. The van der Waals surface area contributed by atoms with Crippen LogP contribution in [0.5, 0.6) is 5.88 Å². The molecule has 0 saturated heterocycles. The Balaban J connectivity index is 1.99. The first kappa shape index (κ1) is 12.1. The zero-order valence-electron chi connectivity index (χ0n) is 10.6. The van der Waals surface area contributed by atoms with Crippen LogP contribution in [0.3, 0.4) is 0 Å². The Kier molecular flexibility index (Phi) is 4.18. The maximum atomic E-state index is 5.96. The van der Waals surface area contributed by atoms with Gasteiger partial charge in [0, 0.05) is 12.6 Å². The van der Waals surface area contributed by atoms with Crippen molar-refractivity contribution < 1.29 is 4.74 Å². The summed E-state index contributed by atoms with van der Waals surface area (Å²) in [7, 11) is 0. The predicted molar refractivity (Wildman–Crippen MR) is 68.2 cm³/mol. The SMILES string of the molecule is CCNc1cc(OC2CCCCC2C)ncn1. The normalized spacial score (nSPS) is 24.4. The first-order chi connectivity index (χ1) is 8.29. The molecule has 1 aliphatic carbocycles. The number of aromatic nitrogens is 2. The zero-order valence-corrected chi connectivity index (χ0v) is 10.6. The number of hydrogen-bond donors (Lipinski definition) is 1. The molecule has 0 aliphatic heterocycles. The molecule has 1 aliphatic rings. The number of rotatable bonds is 4. The second-order valence-electron chi connectivity index (χ2n) is 4.69. The third-order valence-corrected chi connectivity index (χ3v) is 3.30. The number of hydrogen-bond acceptors (Lipinski definition) is 4. The molecule has 94 valence electrons. The Bertz CT molecular complexity index is 356. The Labute approximate surface area is 103 Å². The van der Waals surface area contributed by atoms with Gasteiger partial charge >= 0.3 is 0 Å². The lowest BCUT2D eigenvalue weighted by Gasteiger charge is -2.28. The first-order valence-corrected chi connectivity index (χ1v) is 6.52. The fourth-order valence-corrected chi connectivity index (χ4v) is 2.29. The molecule has 2 atom stereocenters. The summed E-state index contributed by atoms with van der Waals surface area (Å²) in [4.78, 5) is 8.32. The lowest BCUT2D eigenvalue weighted by molar-refractivity contribution is 0.0975. The summed E-state index contributed by atoms with van der Waals surface area (Å²) < 4.78 is 5.96. The standard InChI is InChI=1S/C13H21N3O/c1-3-14-12-8-13(16-9-15-12)17-11-7-5-4-6-10(11)2/h8-11H,3-7H2,1-2H3,(H,14,15,16). The fourth-order valence-electron chi connectivity index (χ4n) is 2.29. The van der Waals surface area contributed by atoms with Crippen LogP contribution in [0.25, 0.3) is 0 Å². The van der Waals surface area contributed by atoms with Crippen molar-refractivity contribution >= 4 is 5.82 Å². The second-order valence-corrected chi connectivity index (χ2v) is 4.69. The molecule has 0 spiro atoms. The van der Waals surface area contributed by atoms with E-state index in [1.807, 2.05) is 13.0 Å². The van der Waals surface area contributed by atoms with Crippen molar-refractivity contribution in [3.8, 4) is 5.88 Å². The molecular formula is C13H21N3O. The van der Waals surface area contributed by atoms with Gasteiger partial charge in [-0.3, -0.25) is 0 Å². The van der Waals surface area contributed by atoms with Gasteiger partial charge in [-0.25, -0.2) is 9.97 Å². The van der Waals surface area contributed by atoms with Crippen LogP contribution in [0.15, 0.2) is 12.4 Å². The van der Waals surface area contributed by atoms with Crippen molar-refractivity contribution in [2.24, 2.45) is 5.92 Å². The molecule has 4 heteroatoms. The molecule has 17 heavy (non-hydrogen) atoms. The molecular weight excluding hydrogens is 214 g/mol. The van der Waals surface area contributed by atoms with Gasteiger partial charge in [0.1, 0.15) is 18.2 Å². The van der Waals surface area contributed by atoms with Crippen molar-refractivity contribution in [3.63, 3.8) is 0 Å². The topological polar surface area (TPSA) is 47.0 Å². The van der Waals surface area contributed by atoms with E-state index in [4.69, 9.17) is 4.74 Å². The van der Waals surface area contributed by atoms with Gasteiger partial charge in [-0.05, 0) is 32.1 Å². The van der Waals surface area contributed by atoms with Gasteiger partial charge in [-0.2, -0.15) is 0 Å². The van der Waals surface area contributed by atoms with Gasteiger partial charge in [0.2, 0.25) is 5.88 Å². The van der Waals surface area contributed by atoms with E-state index in [1.165, 1.54) is 19.3 Å². The highest BCUT2D eigenvalue weighted by molar-refractivity contribution is 5.36. The van der Waals surface area contributed by atoms with Gasteiger partial charge < -0.3 is 10.1 Å². The summed E-state index contributed by atoms with van der Waals surface area (Å²) in [5.74, 6) is 2.15. The minimum Gasteiger partial charge on any atom is -0.474 e. The average Bonchev–Trinajstić information content (AvgIpc) is 2.33. The highest BCUT2D eigenvalue weighted by Gasteiger charge is 2.23. The predicted octanol–water partition coefficient (Wildman–Crippen LogP) is 2.87. The summed E-state index contributed by atoms with van der Waals surface area (Å²) in [6.45, 7) is 5.17. The summed E-state index contributed by atoms with van der Waals surface area (Å²) in [5.41, 5.74) is 0. The molecule has 1 N–H and O–H groups in total. The zero-order chi connectivity index (χ0) is 12.1. The van der Waals surface area contributed by atoms with E-state index in [-0.39, 0.29) is 0 Å². The average molecular weight is 235 g/mol. The van der Waals surface area contributed by atoms with Gasteiger partial charge in [-0.15, -0.1) is 0 Å². The number of anilines is 1. The molecule has 2 rings (SSSR count). The maximum Gasteiger partial charge on any atom is 0.218 e. The van der Waals surface area contributed by atoms with E-state index in [0.717, 1.165) is 18.8 Å². The summed E-state index contributed by atoms with van der Waals surface area (Å²) in [6.07, 6.45) is 6.86. The van der Waals surface area contributed by atoms with Crippen LogP contribution < -0.4 is 10.1 Å². The molecule has 1 saturated carbocycles. The van der Waals surface area contributed by atoms with Crippen LogP contribution in [0.4, 0.5) is 5.82 Å². The van der Waals surface area contributed by atoms with Crippen LogP contribution in [-0.4, -0.2) is 22.6 Å². The van der Waals surface area contributed by atoms with Crippen molar-refractivity contribution in [1.82, 2.24) is 9.97 Å². The molecule has 1 aromatic heterocycles. The van der Waals surface area contributed by atoms with E-state index in [2.05, 4.69) is 22.2 Å². The van der Waals surface area contributed by atoms with Crippen molar-refractivity contribution in [1.29, 1.82) is 0 Å². The Morgan fingerprint density at radius 2 is 2.18 bits per heavy atom. The smallest absolute Gasteiger partial charge is 0.218 e. The fraction of sp³-hybridized carbons (Fsp3) is 0.692. The first-order valence-electron chi connectivity index (χ1n) is 6.52. The van der Waals surface area contributed by atoms with E-state index in [0.29, 0.717) is 17.9 Å². The third-order valence-electron chi connectivity index (χ3n) is 3.30. The molecule has 1 heterocycles. The van der Waals surface area contributed by atoms with Gasteiger partial charge in [0.25, 0.3) is 0 Å². The molecule has 0 bridgehead atoms. The summed E-state index contributed by atoms with van der Waals surface area (Å²) in [6, 6.07) is 1.88. The quantitative estimate of drug-likeness (QED) is 0.871. The monoisotopic (exact) mass is 235 g/mol. The molecule has 2 unspecified atom stereocenters. The maximum absolute atomic E-state index is 5.96. The van der Waals surface area contributed by atoms with E-state index in [1.54, 1.807) is 6.33 Å². The molecule has 0 amide bonds. The molecule has 1 aromatic rings. The van der Waals surface area contributed by atoms with E-state index < -0.39 is 0 Å². The van der Waals surface area contributed by atoms with E-state index >= 15 is 0 Å². The van der Waals surface area contributed by atoms with Gasteiger partial charge in [-0.1, -0.05) is 13.3 Å². The largest absolute Gasteiger partial charge is 0.474 e. The Hall–Kier alpha value is -1.32. The van der Waals surface area contributed by atoms with Gasteiger partial charge in [0.05, 0.1) is 0 Å². The van der Waals surface area contributed by atoms with Crippen molar-refractivity contribution in [3.05, 3.63) is 12.4 Å². The third kappa shape index (κ3) is 3.32. The number of nitrogens with one attached hydrogen (secondary N) is 1. The van der Waals surface area contributed by atoms with Crippen LogP contribution >= 0.6 is 0 Å². The van der Waals surface area contributed by atoms with Crippen LogP contribution in [-0.2, 0) is 0 Å². The number of ether oxygens (including phenoxy) is 1. The lowest BCUT2D eigenvalue weighted by atomic mass is 9.88. The molecule has 0 radical (unpaired) electrons. The van der Waals surface area contributed by atoms with Gasteiger partial charge in [0.15, 0.2) is 0 Å². The van der Waals surface area contributed by atoms with Crippen molar-refractivity contribution in [2.75, 3.05) is 11.9 Å².